The number of hydrogen-bond acceptors (Lipinski definition) is 6. The monoisotopic (exact) mass is 833 g/mol. The van der Waals surface area contributed by atoms with Crippen LogP contribution in [0.15, 0.2) is 12.2 Å². The Kier molecular flexibility index (Phi) is 47.3. The Balaban J connectivity index is 4.25. The van der Waals surface area contributed by atoms with Gasteiger partial charge in [-0.1, -0.05) is 238 Å². The van der Waals surface area contributed by atoms with Crippen LogP contribution >= 0.6 is 0 Å². The molecule has 0 bridgehead atoms. The lowest BCUT2D eigenvalue weighted by Crippen LogP contribution is -2.30. The van der Waals surface area contributed by atoms with Crippen LogP contribution in [0.4, 0.5) is 0 Å². The smallest absolute Gasteiger partial charge is 0.306 e. The molecule has 348 valence electrons. The minimum Gasteiger partial charge on any atom is -0.462 e. The van der Waals surface area contributed by atoms with Crippen molar-refractivity contribution in [1.82, 2.24) is 0 Å². The van der Waals surface area contributed by atoms with Gasteiger partial charge in [-0.2, -0.15) is 0 Å². The standard InChI is InChI=1S/C53H100O6/c1-4-7-10-13-16-19-22-24-25-26-27-28-29-30-32-34-37-40-43-46-52(55)58-49-50(48-57-51(54)45-42-39-36-33-21-18-15-12-9-6-3)59-53(56)47-44-41-38-35-31-23-20-17-14-11-8-5-2/h24-25,50H,4-23,26-49H2,1-3H3/b25-24-. The molecule has 0 aliphatic carbocycles. The van der Waals surface area contributed by atoms with Crippen molar-refractivity contribution in [2.45, 2.75) is 297 Å². The number of carbonyl (C=O) groups excluding carboxylic acids is 3. The van der Waals surface area contributed by atoms with Crippen LogP contribution in [0.1, 0.15) is 290 Å². The Labute approximate surface area is 367 Å². The molecule has 0 saturated heterocycles. The van der Waals surface area contributed by atoms with E-state index in [1.54, 1.807) is 0 Å². The van der Waals surface area contributed by atoms with E-state index in [-0.39, 0.29) is 31.1 Å². The van der Waals surface area contributed by atoms with Gasteiger partial charge in [-0.05, 0) is 44.9 Å². The van der Waals surface area contributed by atoms with Crippen molar-refractivity contribution in [3.8, 4) is 0 Å². The molecule has 0 aromatic rings. The topological polar surface area (TPSA) is 78.9 Å². The molecule has 0 amide bonds. The molecule has 0 N–H and O–H groups in total. The van der Waals surface area contributed by atoms with E-state index in [0.29, 0.717) is 19.3 Å². The first-order valence-corrected chi connectivity index (χ1v) is 26.2. The van der Waals surface area contributed by atoms with Crippen molar-refractivity contribution < 1.29 is 28.6 Å². The number of hydrogen-bond donors (Lipinski definition) is 0. The number of ether oxygens (including phenoxy) is 3. The van der Waals surface area contributed by atoms with Crippen LogP contribution in [0, 0.1) is 0 Å². The highest BCUT2D eigenvalue weighted by molar-refractivity contribution is 5.71. The molecule has 0 radical (unpaired) electrons. The molecule has 0 aromatic heterocycles. The highest BCUT2D eigenvalue weighted by atomic mass is 16.6. The summed E-state index contributed by atoms with van der Waals surface area (Å²) in [6.45, 7) is 6.65. The fourth-order valence-corrected chi connectivity index (χ4v) is 7.79. The zero-order chi connectivity index (χ0) is 43.0. The lowest BCUT2D eigenvalue weighted by molar-refractivity contribution is -0.167. The van der Waals surface area contributed by atoms with Gasteiger partial charge in [0.25, 0.3) is 0 Å². The Bertz CT molecular complexity index is 916. The molecule has 0 fully saturated rings. The van der Waals surface area contributed by atoms with Crippen molar-refractivity contribution in [1.29, 1.82) is 0 Å². The van der Waals surface area contributed by atoms with E-state index >= 15 is 0 Å². The number of esters is 3. The van der Waals surface area contributed by atoms with Crippen molar-refractivity contribution in [2.75, 3.05) is 13.2 Å². The fourth-order valence-electron chi connectivity index (χ4n) is 7.79. The number of allylic oxidation sites excluding steroid dienone is 2. The van der Waals surface area contributed by atoms with Crippen molar-refractivity contribution >= 4 is 17.9 Å². The maximum atomic E-state index is 12.8. The molecule has 0 rings (SSSR count). The molecule has 1 atom stereocenters. The molecule has 0 aliphatic rings. The number of carbonyl (C=O) groups is 3. The third kappa shape index (κ3) is 47.1. The van der Waals surface area contributed by atoms with E-state index < -0.39 is 6.10 Å². The summed E-state index contributed by atoms with van der Waals surface area (Å²) in [5.41, 5.74) is 0. The lowest BCUT2D eigenvalue weighted by atomic mass is 10.0. The summed E-state index contributed by atoms with van der Waals surface area (Å²) in [6.07, 6.45) is 53.4. The predicted octanol–water partition coefficient (Wildman–Crippen LogP) is 17.0. The quantitative estimate of drug-likeness (QED) is 0.0263. The summed E-state index contributed by atoms with van der Waals surface area (Å²) in [4.78, 5) is 37.9. The maximum absolute atomic E-state index is 12.8. The van der Waals surface area contributed by atoms with Crippen LogP contribution in [0.2, 0.25) is 0 Å². The molecule has 1 unspecified atom stereocenters. The van der Waals surface area contributed by atoms with Crippen molar-refractivity contribution in [2.24, 2.45) is 0 Å². The van der Waals surface area contributed by atoms with Gasteiger partial charge in [-0.15, -0.1) is 0 Å². The van der Waals surface area contributed by atoms with Crippen LogP contribution in [0.3, 0.4) is 0 Å². The van der Waals surface area contributed by atoms with E-state index in [0.717, 1.165) is 57.8 Å². The highest BCUT2D eigenvalue weighted by Crippen LogP contribution is 2.16. The van der Waals surface area contributed by atoms with Crippen LogP contribution in [-0.4, -0.2) is 37.2 Å². The van der Waals surface area contributed by atoms with Crippen molar-refractivity contribution in [3.63, 3.8) is 0 Å². The normalized spacial score (nSPS) is 12.0. The summed E-state index contributed by atoms with van der Waals surface area (Å²) in [7, 11) is 0. The summed E-state index contributed by atoms with van der Waals surface area (Å²) in [5.74, 6) is -0.853. The highest BCUT2D eigenvalue weighted by Gasteiger charge is 2.19. The van der Waals surface area contributed by atoms with E-state index in [1.807, 2.05) is 0 Å². The van der Waals surface area contributed by atoms with Crippen LogP contribution in [0.25, 0.3) is 0 Å². The molecule has 0 spiro atoms. The first-order valence-electron chi connectivity index (χ1n) is 26.2. The van der Waals surface area contributed by atoms with Gasteiger partial charge in [-0.3, -0.25) is 14.4 Å². The van der Waals surface area contributed by atoms with E-state index in [2.05, 4.69) is 32.9 Å². The third-order valence-corrected chi connectivity index (χ3v) is 11.8. The molecular weight excluding hydrogens is 733 g/mol. The van der Waals surface area contributed by atoms with Gasteiger partial charge in [-0.25, -0.2) is 0 Å². The second kappa shape index (κ2) is 48.8. The second-order valence-corrected chi connectivity index (χ2v) is 17.8. The van der Waals surface area contributed by atoms with Crippen molar-refractivity contribution in [3.05, 3.63) is 12.2 Å². The zero-order valence-electron chi connectivity index (χ0n) is 39.8. The summed E-state index contributed by atoms with van der Waals surface area (Å²) >= 11 is 0. The minimum absolute atomic E-state index is 0.0655. The minimum atomic E-state index is -0.762. The molecule has 6 heteroatoms. The molecule has 0 saturated carbocycles. The van der Waals surface area contributed by atoms with Crippen LogP contribution in [0.5, 0.6) is 0 Å². The molecule has 6 nitrogen and oxygen atoms in total. The largest absolute Gasteiger partial charge is 0.462 e. The predicted molar refractivity (Wildman–Crippen MR) is 252 cm³/mol. The average molecular weight is 833 g/mol. The molecule has 0 aliphatic heterocycles. The molecular formula is C53H100O6. The Morgan fingerprint density at radius 2 is 0.559 bits per heavy atom. The Morgan fingerprint density at radius 1 is 0.322 bits per heavy atom. The maximum Gasteiger partial charge on any atom is 0.306 e. The van der Waals surface area contributed by atoms with E-state index in [9.17, 15) is 14.4 Å². The van der Waals surface area contributed by atoms with Gasteiger partial charge in [0, 0.05) is 19.3 Å². The molecule has 0 heterocycles. The number of unbranched alkanes of at least 4 members (excludes halogenated alkanes) is 35. The van der Waals surface area contributed by atoms with Gasteiger partial charge >= 0.3 is 17.9 Å². The molecule has 0 aromatic carbocycles. The summed E-state index contributed by atoms with van der Waals surface area (Å²) in [6, 6.07) is 0. The Hall–Kier alpha value is -1.85. The van der Waals surface area contributed by atoms with Gasteiger partial charge in [0.15, 0.2) is 6.10 Å². The average Bonchev–Trinajstić information content (AvgIpc) is 3.23. The van der Waals surface area contributed by atoms with Crippen LogP contribution in [-0.2, 0) is 28.6 Å². The van der Waals surface area contributed by atoms with E-state index in [4.69, 9.17) is 14.2 Å². The molecule has 59 heavy (non-hydrogen) atoms. The SMILES string of the molecule is CCCCCCCC/C=C\CCCCCCCCCCCC(=O)OCC(COC(=O)CCCCCCCCCCCC)OC(=O)CCCCCCCCCCCCCC. The van der Waals surface area contributed by atoms with Gasteiger partial charge in [0.1, 0.15) is 13.2 Å². The van der Waals surface area contributed by atoms with Gasteiger partial charge in [0.2, 0.25) is 0 Å². The lowest BCUT2D eigenvalue weighted by Gasteiger charge is -2.18. The summed E-state index contributed by atoms with van der Waals surface area (Å²) in [5, 5.41) is 0. The Morgan fingerprint density at radius 3 is 0.847 bits per heavy atom. The zero-order valence-corrected chi connectivity index (χ0v) is 39.8. The third-order valence-electron chi connectivity index (χ3n) is 11.8. The van der Waals surface area contributed by atoms with Crippen LogP contribution < -0.4 is 0 Å². The fraction of sp³-hybridized carbons (Fsp3) is 0.906. The first kappa shape index (κ1) is 57.1. The second-order valence-electron chi connectivity index (χ2n) is 17.8. The summed E-state index contributed by atoms with van der Waals surface area (Å²) < 4.78 is 16.8. The number of rotatable bonds is 48. The van der Waals surface area contributed by atoms with E-state index in [1.165, 1.54) is 193 Å². The van der Waals surface area contributed by atoms with Gasteiger partial charge < -0.3 is 14.2 Å². The van der Waals surface area contributed by atoms with Gasteiger partial charge in [0.05, 0.1) is 0 Å². The first-order chi connectivity index (χ1) is 29.0.